The van der Waals surface area contributed by atoms with Gasteiger partial charge in [0.15, 0.2) is 5.11 Å². The third kappa shape index (κ3) is 8.11. The van der Waals surface area contributed by atoms with Gasteiger partial charge < -0.3 is 19.7 Å². The summed E-state index contributed by atoms with van der Waals surface area (Å²) in [6.07, 6.45) is 2.66. The minimum Gasteiger partial charge on any atom is -0.493 e. The van der Waals surface area contributed by atoms with E-state index < -0.39 is 17.9 Å². The van der Waals surface area contributed by atoms with E-state index in [-0.39, 0.29) is 17.4 Å². The molecule has 2 rings (SSSR count). The summed E-state index contributed by atoms with van der Waals surface area (Å²) in [7, 11) is 0. The first-order valence-electron chi connectivity index (χ1n) is 11.1. The topological polar surface area (TPSA) is 97.0 Å². The number of benzene rings is 1. The van der Waals surface area contributed by atoms with E-state index >= 15 is 0 Å². The summed E-state index contributed by atoms with van der Waals surface area (Å²) >= 11 is 5.40. The van der Waals surface area contributed by atoms with Crippen LogP contribution in [0.25, 0.3) is 0 Å². The smallest absolute Gasteiger partial charge is 0.308 e. The van der Waals surface area contributed by atoms with Gasteiger partial charge in [0, 0.05) is 18.7 Å². The summed E-state index contributed by atoms with van der Waals surface area (Å²) in [5.41, 5.74) is 0.391. The van der Waals surface area contributed by atoms with Crippen LogP contribution in [0.2, 0.25) is 0 Å². The number of nitrogens with one attached hydrogen (secondary N) is 2. The molecule has 9 heteroatoms. The van der Waals surface area contributed by atoms with Crippen molar-refractivity contribution in [1.29, 1.82) is 0 Å². The van der Waals surface area contributed by atoms with E-state index in [0.717, 1.165) is 19.3 Å². The molecule has 1 aromatic carbocycles. The first kappa shape index (κ1) is 25.6. The molecular weight excluding hydrogens is 430 g/mol. The summed E-state index contributed by atoms with van der Waals surface area (Å²) in [4.78, 5) is 38.9. The predicted molar refractivity (Wildman–Crippen MR) is 125 cm³/mol. The average Bonchev–Trinajstić information content (AvgIpc) is 2.76. The Morgan fingerprint density at radius 2 is 2.09 bits per heavy atom. The van der Waals surface area contributed by atoms with Gasteiger partial charge in [0.05, 0.1) is 19.6 Å². The van der Waals surface area contributed by atoms with Crippen LogP contribution in [0.1, 0.15) is 56.8 Å². The standard InChI is InChI=1S/C23H33N3O5S/c1-4-5-6-12-30-20(27)14-19-22(29)24-10-11-26(19)23(32)25-21(28)17-8-7-9-18(13-17)31-15-16(2)3/h7-9,13,16,19H,4-6,10-12,14-15H2,1-3H3,(H,24,29)(H,25,28,32). The van der Waals surface area contributed by atoms with E-state index in [2.05, 4.69) is 17.6 Å². The lowest BCUT2D eigenvalue weighted by Gasteiger charge is -2.36. The Kier molecular flexibility index (Phi) is 10.4. The fraction of sp³-hybridized carbons (Fsp3) is 0.565. The van der Waals surface area contributed by atoms with Crippen molar-refractivity contribution in [3.8, 4) is 5.75 Å². The van der Waals surface area contributed by atoms with Crippen LogP contribution in [0.3, 0.4) is 0 Å². The number of rotatable bonds is 10. The number of unbranched alkanes of at least 4 members (excludes halogenated alkanes) is 2. The van der Waals surface area contributed by atoms with Crippen LogP contribution in [0.5, 0.6) is 5.75 Å². The zero-order chi connectivity index (χ0) is 23.5. The van der Waals surface area contributed by atoms with Gasteiger partial charge in [-0.15, -0.1) is 0 Å². The third-order valence-corrected chi connectivity index (χ3v) is 5.20. The van der Waals surface area contributed by atoms with Crippen molar-refractivity contribution in [2.24, 2.45) is 5.92 Å². The van der Waals surface area contributed by atoms with Crippen molar-refractivity contribution in [3.05, 3.63) is 29.8 Å². The van der Waals surface area contributed by atoms with Crippen molar-refractivity contribution < 1.29 is 23.9 Å². The van der Waals surface area contributed by atoms with Crippen molar-refractivity contribution in [2.75, 3.05) is 26.3 Å². The Labute approximate surface area is 195 Å². The molecule has 1 unspecified atom stereocenters. The van der Waals surface area contributed by atoms with Crippen LogP contribution in [-0.2, 0) is 14.3 Å². The van der Waals surface area contributed by atoms with Crippen LogP contribution >= 0.6 is 12.2 Å². The van der Waals surface area contributed by atoms with Gasteiger partial charge in [0.25, 0.3) is 5.91 Å². The summed E-state index contributed by atoms with van der Waals surface area (Å²) in [5, 5.41) is 5.51. The van der Waals surface area contributed by atoms with Crippen molar-refractivity contribution in [1.82, 2.24) is 15.5 Å². The van der Waals surface area contributed by atoms with Crippen LogP contribution in [-0.4, -0.2) is 60.1 Å². The lowest BCUT2D eigenvalue weighted by molar-refractivity contribution is -0.147. The summed E-state index contributed by atoms with van der Waals surface area (Å²) < 4.78 is 10.9. The Morgan fingerprint density at radius 1 is 1.31 bits per heavy atom. The quantitative estimate of drug-likeness (QED) is 0.313. The molecule has 0 spiro atoms. The number of esters is 1. The van der Waals surface area contributed by atoms with E-state index in [9.17, 15) is 14.4 Å². The maximum Gasteiger partial charge on any atom is 0.308 e. The summed E-state index contributed by atoms with van der Waals surface area (Å²) in [5.74, 6) is -0.226. The molecular formula is C23H33N3O5S. The van der Waals surface area contributed by atoms with Crippen molar-refractivity contribution in [2.45, 2.75) is 52.5 Å². The van der Waals surface area contributed by atoms with Gasteiger partial charge in [-0.2, -0.15) is 0 Å². The second kappa shape index (κ2) is 13.0. The number of piperazine rings is 1. The van der Waals surface area contributed by atoms with E-state index in [1.54, 1.807) is 29.2 Å². The first-order valence-corrected chi connectivity index (χ1v) is 11.5. The van der Waals surface area contributed by atoms with Crippen LogP contribution in [0, 0.1) is 5.92 Å². The Bertz CT molecular complexity index is 815. The SMILES string of the molecule is CCCCCOC(=O)CC1C(=O)NCCN1C(=S)NC(=O)c1cccc(OCC(C)C)c1. The molecule has 1 saturated heterocycles. The fourth-order valence-corrected chi connectivity index (χ4v) is 3.46. The predicted octanol–water partition coefficient (Wildman–Crippen LogP) is 2.66. The molecule has 0 aliphatic carbocycles. The molecule has 0 aromatic heterocycles. The summed E-state index contributed by atoms with van der Waals surface area (Å²) in [6, 6.07) is 6.01. The largest absolute Gasteiger partial charge is 0.493 e. The minimum absolute atomic E-state index is 0.0992. The summed E-state index contributed by atoms with van der Waals surface area (Å²) in [6.45, 7) is 7.78. The zero-order valence-electron chi connectivity index (χ0n) is 19.0. The molecule has 0 saturated carbocycles. The molecule has 8 nitrogen and oxygen atoms in total. The average molecular weight is 464 g/mol. The van der Waals surface area contributed by atoms with Gasteiger partial charge in [0.2, 0.25) is 5.91 Å². The van der Waals surface area contributed by atoms with Crippen LogP contribution in [0.15, 0.2) is 24.3 Å². The number of hydrogen-bond acceptors (Lipinski definition) is 6. The maximum absolute atomic E-state index is 12.7. The van der Waals surface area contributed by atoms with Crippen LogP contribution in [0.4, 0.5) is 0 Å². The lowest BCUT2D eigenvalue weighted by Crippen LogP contribution is -2.60. The van der Waals surface area contributed by atoms with E-state index in [1.165, 1.54) is 0 Å². The molecule has 2 amide bonds. The van der Waals surface area contributed by atoms with Gasteiger partial charge in [-0.05, 0) is 42.8 Å². The maximum atomic E-state index is 12.7. The number of amides is 2. The number of carbonyl (C=O) groups excluding carboxylic acids is 3. The minimum atomic E-state index is -0.823. The second-order valence-corrected chi connectivity index (χ2v) is 8.51. The molecule has 176 valence electrons. The molecule has 1 atom stereocenters. The Balaban J connectivity index is 1.98. The highest BCUT2D eigenvalue weighted by molar-refractivity contribution is 7.80. The molecule has 1 heterocycles. The highest BCUT2D eigenvalue weighted by atomic mass is 32.1. The number of carbonyl (C=O) groups is 3. The third-order valence-electron chi connectivity index (χ3n) is 4.86. The molecule has 32 heavy (non-hydrogen) atoms. The van der Waals surface area contributed by atoms with Crippen molar-refractivity contribution >= 4 is 35.1 Å². The monoisotopic (exact) mass is 463 g/mol. The zero-order valence-corrected chi connectivity index (χ0v) is 19.8. The highest BCUT2D eigenvalue weighted by Gasteiger charge is 2.34. The Morgan fingerprint density at radius 3 is 2.81 bits per heavy atom. The lowest BCUT2D eigenvalue weighted by atomic mass is 10.1. The molecule has 1 aliphatic rings. The van der Waals surface area contributed by atoms with Gasteiger partial charge in [-0.3, -0.25) is 19.7 Å². The second-order valence-electron chi connectivity index (χ2n) is 8.12. The van der Waals surface area contributed by atoms with Crippen molar-refractivity contribution in [3.63, 3.8) is 0 Å². The highest BCUT2D eigenvalue weighted by Crippen LogP contribution is 2.15. The number of nitrogens with zero attached hydrogens (tertiary/aromatic N) is 1. The molecule has 1 aromatic rings. The van der Waals surface area contributed by atoms with E-state index in [4.69, 9.17) is 21.7 Å². The molecule has 0 radical (unpaired) electrons. The van der Waals surface area contributed by atoms with Gasteiger partial charge in [0.1, 0.15) is 11.8 Å². The number of ether oxygens (including phenoxy) is 2. The fourth-order valence-electron chi connectivity index (χ4n) is 3.15. The number of hydrogen-bond donors (Lipinski definition) is 2. The molecule has 1 fully saturated rings. The van der Waals surface area contributed by atoms with E-state index in [1.807, 2.05) is 13.8 Å². The van der Waals surface area contributed by atoms with Gasteiger partial charge in [-0.1, -0.05) is 39.7 Å². The number of thiocarbonyl (C=S) groups is 1. The normalized spacial score (nSPS) is 15.8. The Hall–Kier alpha value is -2.68. The van der Waals surface area contributed by atoms with Gasteiger partial charge in [-0.25, -0.2) is 0 Å². The molecule has 2 N–H and O–H groups in total. The van der Waals surface area contributed by atoms with E-state index in [0.29, 0.717) is 43.5 Å². The first-order chi connectivity index (χ1) is 15.3. The van der Waals surface area contributed by atoms with Crippen LogP contribution < -0.4 is 15.4 Å². The molecule has 1 aliphatic heterocycles. The van der Waals surface area contributed by atoms with Gasteiger partial charge >= 0.3 is 5.97 Å². The molecule has 0 bridgehead atoms.